The van der Waals surface area contributed by atoms with Crippen LogP contribution in [0.3, 0.4) is 0 Å². The Hall–Kier alpha value is -2.96. The van der Waals surface area contributed by atoms with Crippen LogP contribution in [0.15, 0.2) is 48.5 Å². The maximum atomic E-state index is 13.6. The number of carbonyl (C=O) groups is 2. The number of amides is 2. The molecule has 7 heteroatoms. The molecule has 2 atom stereocenters. The molecule has 0 saturated carbocycles. The van der Waals surface area contributed by atoms with E-state index in [-0.39, 0.29) is 17.7 Å². The van der Waals surface area contributed by atoms with Crippen molar-refractivity contribution in [2.24, 2.45) is 5.92 Å². The third-order valence-electron chi connectivity index (χ3n) is 6.15. The normalized spacial score (nSPS) is 20.1. The number of hydrogen-bond acceptors (Lipinski definition) is 3. The summed E-state index contributed by atoms with van der Waals surface area (Å²) in [6.07, 6.45) is 3.08. The van der Waals surface area contributed by atoms with E-state index in [0.717, 1.165) is 37.4 Å². The lowest BCUT2D eigenvalue weighted by atomic mass is 10.00. The van der Waals surface area contributed by atoms with Gasteiger partial charge in [-0.1, -0.05) is 30.3 Å². The molecule has 2 amide bonds. The highest BCUT2D eigenvalue weighted by Crippen LogP contribution is 2.27. The van der Waals surface area contributed by atoms with E-state index in [1.165, 1.54) is 6.07 Å². The van der Waals surface area contributed by atoms with Crippen LogP contribution in [0.4, 0.5) is 14.5 Å². The van der Waals surface area contributed by atoms with Gasteiger partial charge in [0.15, 0.2) is 11.6 Å². The van der Waals surface area contributed by atoms with Crippen molar-refractivity contribution >= 4 is 17.5 Å². The predicted octanol–water partition coefficient (Wildman–Crippen LogP) is 3.66. The van der Waals surface area contributed by atoms with Gasteiger partial charge in [-0.25, -0.2) is 8.78 Å². The van der Waals surface area contributed by atoms with E-state index in [4.69, 9.17) is 0 Å². The number of piperidine rings is 1. The number of likely N-dealkylation sites (tertiary alicyclic amines) is 1. The lowest BCUT2D eigenvalue weighted by Crippen LogP contribution is -2.46. The lowest BCUT2D eigenvalue weighted by Gasteiger charge is -2.34. The van der Waals surface area contributed by atoms with E-state index >= 15 is 0 Å². The second-order valence-electron chi connectivity index (χ2n) is 8.30. The molecule has 31 heavy (non-hydrogen) atoms. The molecule has 0 radical (unpaired) electrons. The van der Waals surface area contributed by atoms with Crippen LogP contribution in [0.25, 0.3) is 0 Å². The molecular formula is C24H27F2N3O2. The standard InChI is InChI=1S/C24H27F2N3O2/c25-20-10-9-19(14-21(20)26)28-13-11-17(16-28)15-27-24(31)23(18-6-2-1-3-7-18)29-12-5-4-8-22(29)30/h1-3,6-7,9-10,14,17,23H,4-5,8,11-13,15-16H2,(H,27,31). The smallest absolute Gasteiger partial charge is 0.247 e. The van der Waals surface area contributed by atoms with Crippen LogP contribution in [0.1, 0.15) is 37.3 Å². The number of nitrogens with one attached hydrogen (secondary N) is 1. The second kappa shape index (κ2) is 9.45. The monoisotopic (exact) mass is 427 g/mol. The minimum atomic E-state index is -0.856. The molecular weight excluding hydrogens is 400 g/mol. The molecule has 164 valence electrons. The summed E-state index contributed by atoms with van der Waals surface area (Å²) >= 11 is 0. The molecule has 2 unspecified atom stereocenters. The van der Waals surface area contributed by atoms with Crippen LogP contribution in [0.2, 0.25) is 0 Å². The molecule has 0 spiro atoms. The van der Waals surface area contributed by atoms with Gasteiger partial charge >= 0.3 is 0 Å². The first-order valence-corrected chi connectivity index (χ1v) is 10.8. The zero-order valence-corrected chi connectivity index (χ0v) is 17.4. The Kier molecular flexibility index (Phi) is 6.49. The van der Waals surface area contributed by atoms with Crippen LogP contribution < -0.4 is 10.2 Å². The number of anilines is 1. The van der Waals surface area contributed by atoms with E-state index in [1.807, 2.05) is 35.2 Å². The Morgan fingerprint density at radius 1 is 1.06 bits per heavy atom. The fourth-order valence-corrected chi connectivity index (χ4v) is 4.47. The quantitative estimate of drug-likeness (QED) is 0.766. The topological polar surface area (TPSA) is 52.7 Å². The highest BCUT2D eigenvalue weighted by molar-refractivity contribution is 5.89. The molecule has 0 aliphatic carbocycles. The zero-order valence-electron chi connectivity index (χ0n) is 17.4. The van der Waals surface area contributed by atoms with E-state index < -0.39 is 17.7 Å². The lowest BCUT2D eigenvalue weighted by molar-refractivity contribution is -0.142. The van der Waals surface area contributed by atoms with Crippen molar-refractivity contribution < 1.29 is 18.4 Å². The average Bonchev–Trinajstić information content (AvgIpc) is 3.26. The summed E-state index contributed by atoms with van der Waals surface area (Å²) in [6, 6.07) is 12.7. The highest BCUT2D eigenvalue weighted by Gasteiger charge is 2.33. The van der Waals surface area contributed by atoms with Gasteiger partial charge in [0.25, 0.3) is 0 Å². The number of hydrogen-bond donors (Lipinski definition) is 1. The van der Waals surface area contributed by atoms with E-state index in [1.54, 1.807) is 11.0 Å². The van der Waals surface area contributed by atoms with Crippen LogP contribution in [0, 0.1) is 17.6 Å². The van der Waals surface area contributed by atoms with Crippen molar-refractivity contribution in [3.05, 3.63) is 65.7 Å². The average molecular weight is 427 g/mol. The molecule has 4 rings (SSSR count). The van der Waals surface area contributed by atoms with Crippen molar-refractivity contribution in [1.82, 2.24) is 10.2 Å². The largest absolute Gasteiger partial charge is 0.371 e. The van der Waals surface area contributed by atoms with Gasteiger partial charge in [-0.05, 0) is 42.9 Å². The van der Waals surface area contributed by atoms with Crippen molar-refractivity contribution in [1.29, 1.82) is 0 Å². The summed E-state index contributed by atoms with van der Waals surface area (Å²) < 4.78 is 26.8. The van der Waals surface area contributed by atoms with Crippen molar-refractivity contribution in [3.63, 3.8) is 0 Å². The maximum absolute atomic E-state index is 13.6. The third kappa shape index (κ3) is 4.86. The summed E-state index contributed by atoms with van der Waals surface area (Å²) in [7, 11) is 0. The first kappa shape index (κ1) is 21.3. The number of rotatable bonds is 6. The van der Waals surface area contributed by atoms with Crippen LogP contribution in [-0.4, -0.2) is 42.9 Å². The van der Waals surface area contributed by atoms with Gasteiger partial charge in [-0.3, -0.25) is 9.59 Å². The number of halogens is 2. The fourth-order valence-electron chi connectivity index (χ4n) is 4.47. The Morgan fingerprint density at radius 3 is 2.61 bits per heavy atom. The molecule has 0 aromatic heterocycles. The number of carbonyl (C=O) groups excluding carboxylic acids is 2. The maximum Gasteiger partial charge on any atom is 0.247 e. The van der Waals surface area contributed by atoms with Crippen molar-refractivity contribution in [2.45, 2.75) is 31.7 Å². The van der Waals surface area contributed by atoms with Crippen LogP contribution in [-0.2, 0) is 9.59 Å². The first-order chi connectivity index (χ1) is 15.0. The second-order valence-corrected chi connectivity index (χ2v) is 8.30. The molecule has 2 heterocycles. The molecule has 2 aromatic carbocycles. The molecule has 2 aromatic rings. The van der Waals surface area contributed by atoms with E-state index in [0.29, 0.717) is 31.7 Å². The molecule has 2 aliphatic heterocycles. The summed E-state index contributed by atoms with van der Waals surface area (Å²) in [5.41, 5.74) is 1.46. The van der Waals surface area contributed by atoms with Gasteiger partial charge in [0.05, 0.1) is 0 Å². The van der Waals surface area contributed by atoms with Gasteiger partial charge in [0, 0.05) is 44.4 Å². The Morgan fingerprint density at radius 2 is 1.87 bits per heavy atom. The van der Waals surface area contributed by atoms with Gasteiger partial charge in [-0.15, -0.1) is 0 Å². The molecule has 2 fully saturated rings. The van der Waals surface area contributed by atoms with E-state index in [2.05, 4.69) is 5.32 Å². The minimum Gasteiger partial charge on any atom is -0.371 e. The van der Waals surface area contributed by atoms with Gasteiger partial charge < -0.3 is 15.1 Å². The van der Waals surface area contributed by atoms with Gasteiger partial charge in [-0.2, -0.15) is 0 Å². The third-order valence-corrected chi connectivity index (χ3v) is 6.15. The summed E-state index contributed by atoms with van der Waals surface area (Å²) in [6.45, 7) is 2.44. The zero-order chi connectivity index (χ0) is 21.8. The summed E-state index contributed by atoms with van der Waals surface area (Å²) in [5.74, 6) is -1.67. The predicted molar refractivity (Wildman–Crippen MR) is 114 cm³/mol. The summed E-state index contributed by atoms with van der Waals surface area (Å²) in [5, 5.41) is 3.04. The Labute approximate surface area is 181 Å². The molecule has 0 bridgehead atoms. The molecule has 1 N–H and O–H groups in total. The number of benzene rings is 2. The minimum absolute atomic E-state index is 0.0145. The first-order valence-electron chi connectivity index (χ1n) is 10.8. The van der Waals surface area contributed by atoms with Crippen molar-refractivity contribution in [3.8, 4) is 0 Å². The SMILES string of the molecule is O=C(NCC1CCN(c2ccc(F)c(F)c2)C1)C(c1ccccc1)N1CCCCC1=O. The molecule has 2 saturated heterocycles. The van der Waals surface area contributed by atoms with Crippen LogP contribution in [0.5, 0.6) is 0 Å². The van der Waals surface area contributed by atoms with Gasteiger partial charge in [0.2, 0.25) is 11.8 Å². The summed E-state index contributed by atoms with van der Waals surface area (Å²) in [4.78, 5) is 29.4. The Bertz CT molecular complexity index is 938. The molecule has 5 nitrogen and oxygen atoms in total. The van der Waals surface area contributed by atoms with Crippen LogP contribution >= 0.6 is 0 Å². The number of nitrogens with zero attached hydrogens (tertiary/aromatic N) is 2. The van der Waals surface area contributed by atoms with Gasteiger partial charge in [0.1, 0.15) is 6.04 Å². The highest BCUT2D eigenvalue weighted by atomic mass is 19.2. The molecule has 2 aliphatic rings. The van der Waals surface area contributed by atoms with E-state index in [9.17, 15) is 18.4 Å². The fraction of sp³-hybridized carbons (Fsp3) is 0.417. The van der Waals surface area contributed by atoms with Crippen molar-refractivity contribution in [2.75, 3.05) is 31.1 Å². The Balaban J connectivity index is 1.40.